The third kappa shape index (κ3) is 4.81. The zero-order chi connectivity index (χ0) is 11.9. The van der Waals surface area contributed by atoms with Gasteiger partial charge in [0.1, 0.15) is 0 Å². The van der Waals surface area contributed by atoms with Crippen LogP contribution in [0.15, 0.2) is 12.2 Å². The number of allylic oxidation sites excluding steroid dienone is 2. The number of rotatable bonds is 5. The SMILES string of the molecule is CN1CCC(CCNCC2CC=CCC2)CC1. The minimum atomic E-state index is 0.900. The highest BCUT2D eigenvalue weighted by Crippen LogP contribution is 2.19. The molecule has 0 aromatic rings. The van der Waals surface area contributed by atoms with E-state index >= 15 is 0 Å². The summed E-state index contributed by atoms with van der Waals surface area (Å²) in [6, 6.07) is 0. The fourth-order valence-electron chi connectivity index (χ4n) is 3.00. The number of nitrogens with zero attached hydrogens (tertiary/aromatic N) is 1. The van der Waals surface area contributed by atoms with Crippen LogP contribution in [0.2, 0.25) is 0 Å². The molecule has 98 valence electrons. The van der Waals surface area contributed by atoms with Gasteiger partial charge in [0, 0.05) is 0 Å². The van der Waals surface area contributed by atoms with Gasteiger partial charge in [-0.1, -0.05) is 12.2 Å². The van der Waals surface area contributed by atoms with Gasteiger partial charge in [-0.05, 0) is 83.6 Å². The van der Waals surface area contributed by atoms with Crippen LogP contribution < -0.4 is 5.32 Å². The second kappa shape index (κ2) is 7.17. The quantitative estimate of drug-likeness (QED) is 0.583. The molecule has 0 spiro atoms. The Labute approximate surface area is 106 Å². The van der Waals surface area contributed by atoms with Crippen LogP contribution in [0.3, 0.4) is 0 Å². The summed E-state index contributed by atoms with van der Waals surface area (Å²) in [6.45, 7) is 5.07. The molecule has 2 heteroatoms. The largest absolute Gasteiger partial charge is 0.316 e. The first kappa shape index (κ1) is 13.1. The molecule has 2 aliphatic rings. The predicted octanol–water partition coefficient (Wildman–Crippen LogP) is 2.66. The van der Waals surface area contributed by atoms with Crippen molar-refractivity contribution >= 4 is 0 Å². The van der Waals surface area contributed by atoms with E-state index in [4.69, 9.17) is 0 Å². The first-order valence-corrected chi connectivity index (χ1v) is 7.39. The number of nitrogens with one attached hydrogen (secondary N) is 1. The molecule has 1 aliphatic heterocycles. The topological polar surface area (TPSA) is 15.3 Å². The van der Waals surface area contributed by atoms with E-state index in [9.17, 15) is 0 Å². The monoisotopic (exact) mass is 236 g/mol. The molecular weight excluding hydrogens is 208 g/mol. The molecule has 1 N–H and O–H groups in total. The second-order valence-electron chi connectivity index (χ2n) is 5.89. The molecule has 1 atom stereocenters. The number of hydrogen-bond acceptors (Lipinski definition) is 2. The van der Waals surface area contributed by atoms with Crippen LogP contribution in [0.1, 0.15) is 38.5 Å². The normalized spacial score (nSPS) is 27.5. The summed E-state index contributed by atoms with van der Waals surface area (Å²) in [6.07, 6.45) is 12.9. The van der Waals surface area contributed by atoms with Crippen molar-refractivity contribution in [2.75, 3.05) is 33.2 Å². The van der Waals surface area contributed by atoms with Gasteiger partial charge in [0.05, 0.1) is 0 Å². The van der Waals surface area contributed by atoms with Crippen molar-refractivity contribution in [2.45, 2.75) is 38.5 Å². The van der Waals surface area contributed by atoms with Gasteiger partial charge in [-0.3, -0.25) is 0 Å². The molecule has 1 aliphatic carbocycles. The Morgan fingerprint density at radius 1 is 1.12 bits per heavy atom. The van der Waals surface area contributed by atoms with Crippen LogP contribution in [-0.2, 0) is 0 Å². The Bertz CT molecular complexity index is 229. The van der Waals surface area contributed by atoms with Crippen molar-refractivity contribution in [1.82, 2.24) is 10.2 Å². The smallest absolute Gasteiger partial charge is 0.00174 e. The molecule has 0 radical (unpaired) electrons. The van der Waals surface area contributed by atoms with Crippen LogP contribution in [0.5, 0.6) is 0 Å². The van der Waals surface area contributed by atoms with Gasteiger partial charge in [-0.25, -0.2) is 0 Å². The maximum absolute atomic E-state index is 3.67. The van der Waals surface area contributed by atoms with Crippen molar-refractivity contribution in [3.05, 3.63) is 12.2 Å². The van der Waals surface area contributed by atoms with Crippen molar-refractivity contribution < 1.29 is 0 Å². The Hall–Kier alpha value is -0.340. The number of hydrogen-bond donors (Lipinski definition) is 1. The Kier molecular flexibility index (Phi) is 5.53. The van der Waals surface area contributed by atoms with E-state index < -0.39 is 0 Å². The summed E-state index contributed by atoms with van der Waals surface area (Å²) in [5.41, 5.74) is 0. The molecule has 0 aromatic carbocycles. The number of likely N-dealkylation sites (tertiary alicyclic amines) is 1. The van der Waals surface area contributed by atoms with Crippen molar-refractivity contribution in [1.29, 1.82) is 0 Å². The fourth-order valence-corrected chi connectivity index (χ4v) is 3.00. The van der Waals surface area contributed by atoms with Crippen LogP contribution in [0.4, 0.5) is 0 Å². The molecule has 1 heterocycles. The third-order valence-corrected chi connectivity index (χ3v) is 4.38. The lowest BCUT2D eigenvalue weighted by molar-refractivity contribution is 0.211. The van der Waals surface area contributed by atoms with E-state index in [0.717, 1.165) is 11.8 Å². The lowest BCUT2D eigenvalue weighted by Gasteiger charge is -2.29. The highest BCUT2D eigenvalue weighted by molar-refractivity contribution is 4.90. The molecule has 1 unspecified atom stereocenters. The van der Waals surface area contributed by atoms with E-state index in [2.05, 4.69) is 29.4 Å². The van der Waals surface area contributed by atoms with E-state index in [1.807, 2.05) is 0 Å². The maximum atomic E-state index is 3.67. The van der Waals surface area contributed by atoms with Crippen LogP contribution in [0, 0.1) is 11.8 Å². The molecule has 0 aromatic heterocycles. The van der Waals surface area contributed by atoms with E-state index in [1.165, 1.54) is 64.7 Å². The van der Waals surface area contributed by atoms with E-state index in [1.54, 1.807) is 0 Å². The summed E-state index contributed by atoms with van der Waals surface area (Å²) < 4.78 is 0. The lowest BCUT2D eigenvalue weighted by Crippen LogP contribution is -2.32. The molecule has 0 saturated carbocycles. The van der Waals surface area contributed by atoms with Gasteiger partial charge in [-0.15, -0.1) is 0 Å². The van der Waals surface area contributed by atoms with Gasteiger partial charge in [0.15, 0.2) is 0 Å². The third-order valence-electron chi connectivity index (χ3n) is 4.38. The molecule has 0 bridgehead atoms. The zero-order valence-electron chi connectivity index (χ0n) is 11.3. The summed E-state index contributed by atoms with van der Waals surface area (Å²) in [7, 11) is 2.24. The van der Waals surface area contributed by atoms with Gasteiger partial charge < -0.3 is 10.2 Å². The Morgan fingerprint density at radius 2 is 1.94 bits per heavy atom. The summed E-state index contributed by atoms with van der Waals surface area (Å²) in [5, 5.41) is 3.67. The minimum Gasteiger partial charge on any atom is -0.316 e. The first-order valence-electron chi connectivity index (χ1n) is 7.39. The fraction of sp³-hybridized carbons (Fsp3) is 0.867. The molecule has 0 amide bonds. The van der Waals surface area contributed by atoms with Gasteiger partial charge in [0.25, 0.3) is 0 Å². The van der Waals surface area contributed by atoms with Crippen molar-refractivity contribution in [2.24, 2.45) is 11.8 Å². The maximum Gasteiger partial charge on any atom is -0.00174 e. The van der Waals surface area contributed by atoms with E-state index in [0.29, 0.717) is 0 Å². The number of piperidine rings is 1. The molecule has 17 heavy (non-hydrogen) atoms. The molecule has 2 rings (SSSR count). The van der Waals surface area contributed by atoms with Crippen molar-refractivity contribution in [3.63, 3.8) is 0 Å². The predicted molar refractivity (Wildman–Crippen MR) is 74.2 cm³/mol. The summed E-state index contributed by atoms with van der Waals surface area (Å²) in [4.78, 5) is 2.46. The minimum absolute atomic E-state index is 0.900. The van der Waals surface area contributed by atoms with Crippen LogP contribution in [0.25, 0.3) is 0 Å². The van der Waals surface area contributed by atoms with Gasteiger partial charge in [0.2, 0.25) is 0 Å². The van der Waals surface area contributed by atoms with Crippen LogP contribution >= 0.6 is 0 Å². The molecule has 2 nitrogen and oxygen atoms in total. The van der Waals surface area contributed by atoms with Crippen LogP contribution in [-0.4, -0.2) is 38.1 Å². The lowest BCUT2D eigenvalue weighted by atomic mass is 9.93. The Balaban J connectivity index is 1.50. The average molecular weight is 236 g/mol. The molecule has 1 fully saturated rings. The van der Waals surface area contributed by atoms with Gasteiger partial charge >= 0.3 is 0 Å². The summed E-state index contributed by atoms with van der Waals surface area (Å²) in [5.74, 6) is 1.88. The highest BCUT2D eigenvalue weighted by atomic mass is 15.1. The standard InChI is InChI=1S/C15H28N2/c1-17-11-8-14(9-12-17)7-10-16-13-15-5-3-2-4-6-15/h2-3,14-16H,4-13H2,1H3. The summed E-state index contributed by atoms with van der Waals surface area (Å²) >= 11 is 0. The second-order valence-corrected chi connectivity index (χ2v) is 5.89. The Morgan fingerprint density at radius 3 is 2.65 bits per heavy atom. The highest BCUT2D eigenvalue weighted by Gasteiger charge is 2.16. The van der Waals surface area contributed by atoms with Crippen molar-refractivity contribution in [3.8, 4) is 0 Å². The molecule has 1 saturated heterocycles. The average Bonchev–Trinajstić information content (AvgIpc) is 2.38. The van der Waals surface area contributed by atoms with E-state index in [-0.39, 0.29) is 0 Å². The van der Waals surface area contributed by atoms with Gasteiger partial charge in [-0.2, -0.15) is 0 Å². The zero-order valence-corrected chi connectivity index (χ0v) is 11.3. The molecular formula is C15H28N2. The first-order chi connectivity index (χ1) is 8.34.